The molecule has 1 aromatic carbocycles. The van der Waals surface area contributed by atoms with Crippen LogP contribution in [0.1, 0.15) is 24.0 Å². The van der Waals surface area contributed by atoms with Gasteiger partial charge < -0.3 is 10.6 Å². The van der Waals surface area contributed by atoms with Crippen LogP contribution < -0.4 is 10.6 Å². The average molecular weight is 232 g/mol. The maximum Gasteiger partial charge on any atom is 0.229 e. The third-order valence-corrected chi connectivity index (χ3v) is 3.73. The third kappa shape index (κ3) is 2.34. The molecule has 0 aliphatic heterocycles. The molecule has 92 valence electrons. The zero-order valence-electron chi connectivity index (χ0n) is 10.7. The van der Waals surface area contributed by atoms with Gasteiger partial charge in [-0.15, -0.1) is 0 Å². The molecule has 0 radical (unpaired) electrons. The SMILES string of the molecule is Cc1ccc(N(C)C(=O)C2CC(N)C2)cc1C. The Bertz CT molecular complexity index is 436. The molecule has 2 rings (SSSR count). The minimum absolute atomic E-state index is 0.122. The van der Waals surface area contributed by atoms with E-state index in [9.17, 15) is 4.79 Å². The Morgan fingerprint density at radius 2 is 1.94 bits per heavy atom. The van der Waals surface area contributed by atoms with Crippen LogP contribution in [0.4, 0.5) is 5.69 Å². The van der Waals surface area contributed by atoms with Gasteiger partial charge in [0.1, 0.15) is 0 Å². The average Bonchev–Trinajstić information content (AvgIpc) is 2.27. The van der Waals surface area contributed by atoms with Crippen LogP contribution in [0, 0.1) is 19.8 Å². The Kier molecular flexibility index (Phi) is 3.20. The number of aryl methyl sites for hydroxylation is 2. The Balaban J connectivity index is 2.11. The molecule has 1 aliphatic rings. The van der Waals surface area contributed by atoms with Crippen LogP contribution in [0.15, 0.2) is 18.2 Å². The van der Waals surface area contributed by atoms with Crippen molar-refractivity contribution in [2.45, 2.75) is 32.7 Å². The molecule has 0 heterocycles. The quantitative estimate of drug-likeness (QED) is 0.847. The highest BCUT2D eigenvalue weighted by molar-refractivity contribution is 5.95. The molecule has 0 spiro atoms. The number of benzene rings is 1. The molecular formula is C14H20N2O. The van der Waals surface area contributed by atoms with Crippen LogP contribution in [0.3, 0.4) is 0 Å². The van der Waals surface area contributed by atoms with Gasteiger partial charge in [-0.2, -0.15) is 0 Å². The zero-order valence-corrected chi connectivity index (χ0v) is 10.7. The molecule has 0 aromatic heterocycles. The van der Waals surface area contributed by atoms with Gasteiger partial charge in [0.15, 0.2) is 0 Å². The predicted molar refractivity (Wildman–Crippen MR) is 70.0 cm³/mol. The maximum atomic E-state index is 12.1. The number of nitrogens with zero attached hydrogens (tertiary/aromatic N) is 1. The fourth-order valence-corrected chi connectivity index (χ4v) is 2.20. The lowest BCUT2D eigenvalue weighted by Crippen LogP contribution is -2.45. The van der Waals surface area contributed by atoms with Gasteiger partial charge in [0, 0.05) is 24.7 Å². The molecule has 17 heavy (non-hydrogen) atoms. The molecule has 1 saturated carbocycles. The predicted octanol–water partition coefficient (Wildman–Crippen LogP) is 2.00. The number of nitrogens with two attached hydrogens (primary N) is 1. The van der Waals surface area contributed by atoms with E-state index in [2.05, 4.69) is 26.0 Å². The van der Waals surface area contributed by atoms with E-state index in [0.29, 0.717) is 0 Å². The number of anilines is 1. The number of amides is 1. The van der Waals surface area contributed by atoms with Crippen molar-refractivity contribution in [1.29, 1.82) is 0 Å². The summed E-state index contributed by atoms with van der Waals surface area (Å²) in [5.74, 6) is 0.312. The first-order valence-corrected chi connectivity index (χ1v) is 6.09. The summed E-state index contributed by atoms with van der Waals surface area (Å²) < 4.78 is 0. The summed E-state index contributed by atoms with van der Waals surface area (Å²) >= 11 is 0. The van der Waals surface area contributed by atoms with Crippen molar-refractivity contribution in [2.24, 2.45) is 11.7 Å². The zero-order chi connectivity index (χ0) is 12.6. The number of carbonyl (C=O) groups excluding carboxylic acids is 1. The topological polar surface area (TPSA) is 46.3 Å². The number of carbonyl (C=O) groups is 1. The van der Waals surface area contributed by atoms with E-state index in [1.54, 1.807) is 4.90 Å². The molecule has 3 heteroatoms. The summed E-state index contributed by atoms with van der Waals surface area (Å²) in [5.41, 5.74) is 9.16. The van der Waals surface area contributed by atoms with Gasteiger partial charge in [0.25, 0.3) is 0 Å². The van der Waals surface area contributed by atoms with Gasteiger partial charge in [-0.1, -0.05) is 6.07 Å². The smallest absolute Gasteiger partial charge is 0.229 e. The Morgan fingerprint density at radius 3 is 2.47 bits per heavy atom. The van der Waals surface area contributed by atoms with E-state index in [0.717, 1.165) is 18.5 Å². The fourth-order valence-electron chi connectivity index (χ4n) is 2.20. The van der Waals surface area contributed by atoms with Crippen LogP contribution in [-0.4, -0.2) is 19.0 Å². The van der Waals surface area contributed by atoms with Crippen molar-refractivity contribution in [1.82, 2.24) is 0 Å². The minimum atomic E-state index is 0.122. The Hall–Kier alpha value is -1.35. The van der Waals surface area contributed by atoms with E-state index in [-0.39, 0.29) is 17.9 Å². The van der Waals surface area contributed by atoms with Gasteiger partial charge in [0.05, 0.1) is 0 Å². The normalized spacial score (nSPS) is 23.1. The summed E-state index contributed by atoms with van der Waals surface area (Å²) in [6.07, 6.45) is 1.65. The van der Waals surface area contributed by atoms with Crippen LogP contribution in [0.25, 0.3) is 0 Å². The molecule has 1 amide bonds. The van der Waals surface area contributed by atoms with E-state index >= 15 is 0 Å². The van der Waals surface area contributed by atoms with Crippen LogP contribution in [0.2, 0.25) is 0 Å². The van der Waals surface area contributed by atoms with Crippen molar-refractivity contribution in [3.05, 3.63) is 29.3 Å². The van der Waals surface area contributed by atoms with Crippen LogP contribution in [-0.2, 0) is 4.79 Å². The first-order valence-electron chi connectivity index (χ1n) is 6.09. The van der Waals surface area contributed by atoms with Crippen molar-refractivity contribution >= 4 is 11.6 Å². The summed E-state index contributed by atoms with van der Waals surface area (Å²) in [6, 6.07) is 6.34. The van der Waals surface area contributed by atoms with Crippen molar-refractivity contribution < 1.29 is 4.79 Å². The van der Waals surface area contributed by atoms with Crippen molar-refractivity contribution in [2.75, 3.05) is 11.9 Å². The van der Waals surface area contributed by atoms with Gasteiger partial charge in [-0.25, -0.2) is 0 Å². The molecule has 0 saturated heterocycles. The summed E-state index contributed by atoms with van der Waals surface area (Å²) in [4.78, 5) is 13.9. The van der Waals surface area contributed by atoms with E-state index < -0.39 is 0 Å². The van der Waals surface area contributed by atoms with Crippen LogP contribution >= 0.6 is 0 Å². The van der Waals surface area contributed by atoms with Gasteiger partial charge >= 0.3 is 0 Å². The largest absolute Gasteiger partial charge is 0.328 e. The molecule has 1 aromatic rings. The first kappa shape index (κ1) is 12.1. The van der Waals surface area contributed by atoms with E-state index in [4.69, 9.17) is 5.73 Å². The highest BCUT2D eigenvalue weighted by Gasteiger charge is 2.34. The van der Waals surface area contributed by atoms with Crippen molar-refractivity contribution in [3.8, 4) is 0 Å². The van der Waals surface area contributed by atoms with Gasteiger partial charge in [-0.3, -0.25) is 4.79 Å². The Labute approximate surface area is 103 Å². The number of rotatable bonds is 2. The van der Waals surface area contributed by atoms with Crippen LogP contribution in [0.5, 0.6) is 0 Å². The van der Waals surface area contributed by atoms with E-state index in [1.165, 1.54) is 11.1 Å². The highest BCUT2D eigenvalue weighted by Crippen LogP contribution is 2.29. The molecule has 1 fully saturated rings. The second-order valence-electron chi connectivity index (χ2n) is 5.09. The number of hydrogen-bond donors (Lipinski definition) is 1. The Morgan fingerprint density at radius 1 is 1.29 bits per heavy atom. The first-order chi connectivity index (χ1) is 7.99. The molecule has 0 unspecified atom stereocenters. The second-order valence-corrected chi connectivity index (χ2v) is 5.09. The van der Waals surface area contributed by atoms with Gasteiger partial charge in [0.2, 0.25) is 5.91 Å². The lowest BCUT2D eigenvalue weighted by Gasteiger charge is -2.34. The highest BCUT2D eigenvalue weighted by atomic mass is 16.2. The molecule has 1 aliphatic carbocycles. The molecular weight excluding hydrogens is 212 g/mol. The third-order valence-electron chi connectivity index (χ3n) is 3.73. The van der Waals surface area contributed by atoms with E-state index in [1.807, 2.05) is 13.1 Å². The second kappa shape index (κ2) is 4.49. The molecule has 2 N–H and O–H groups in total. The summed E-state index contributed by atoms with van der Waals surface area (Å²) in [7, 11) is 1.84. The van der Waals surface area contributed by atoms with Gasteiger partial charge in [-0.05, 0) is 49.9 Å². The minimum Gasteiger partial charge on any atom is -0.328 e. The standard InChI is InChI=1S/C14H20N2O/c1-9-4-5-13(6-10(9)2)16(3)14(17)11-7-12(15)8-11/h4-6,11-12H,7-8,15H2,1-3H3. The monoisotopic (exact) mass is 232 g/mol. The summed E-state index contributed by atoms with van der Waals surface area (Å²) in [5, 5.41) is 0. The van der Waals surface area contributed by atoms with Crippen molar-refractivity contribution in [3.63, 3.8) is 0 Å². The lowest BCUT2D eigenvalue weighted by atomic mass is 9.80. The fraction of sp³-hybridized carbons (Fsp3) is 0.500. The number of hydrogen-bond acceptors (Lipinski definition) is 2. The lowest BCUT2D eigenvalue weighted by molar-refractivity contribution is -0.124. The summed E-state index contributed by atoms with van der Waals surface area (Å²) in [6.45, 7) is 4.14. The molecule has 3 nitrogen and oxygen atoms in total. The maximum absolute atomic E-state index is 12.1. The molecule has 0 bridgehead atoms. The molecule has 0 atom stereocenters.